The van der Waals surface area contributed by atoms with Crippen molar-refractivity contribution in [3.05, 3.63) is 84.2 Å². The van der Waals surface area contributed by atoms with E-state index in [0.717, 1.165) is 90.1 Å². The first kappa shape index (κ1) is 26.8. The van der Waals surface area contributed by atoms with Crippen LogP contribution in [-0.2, 0) is 11.3 Å². The average Bonchev–Trinajstić information content (AvgIpc) is 3.43. The molecule has 1 amide bonds. The lowest BCUT2D eigenvalue weighted by Crippen LogP contribution is -2.44. The number of piperidine rings is 1. The molecule has 7 rings (SSSR count). The fraction of sp³-hybridized carbons (Fsp3) is 0.371. The van der Waals surface area contributed by atoms with Crippen molar-refractivity contribution in [3.8, 4) is 22.4 Å². The lowest BCUT2D eigenvalue weighted by Gasteiger charge is -2.32. The maximum atomic E-state index is 12.8. The molecule has 0 spiro atoms. The van der Waals surface area contributed by atoms with Crippen LogP contribution in [0.25, 0.3) is 39.1 Å². The maximum absolute atomic E-state index is 12.8. The number of likely N-dealkylation sites (tertiary alicyclic amines) is 1. The van der Waals surface area contributed by atoms with Crippen LogP contribution < -0.4 is 5.32 Å². The Morgan fingerprint density at radius 1 is 0.905 bits per heavy atom. The largest absolute Gasteiger partial charge is 0.353 e. The molecule has 2 aromatic carbocycles. The number of benzene rings is 2. The monoisotopic (exact) mass is 558 g/mol. The molecule has 0 atom stereocenters. The number of hydrogen-bond donors (Lipinski definition) is 1. The zero-order chi connectivity index (χ0) is 28.5. The Kier molecular flexibility index (Phi) is 7.43. The van der Waals surface area contributed by atoms with E-state index < -0.39 is 0 Å². The van der Waals surface area contributed by atoms with Gasteiger partial charge in [0.15, 0.2) is 11.3 Å². The van der Waals surface area contributed by atoms with Gasteiger partial charge in [-0.3, -0.25) is 9.69 Å². The summed E-state index contributed by atoms with van der Waals surface area (Å²) in [5.74, 6) is 0.433. The number of nitrogens with zero attached hydrogens (tertiary/aromatic N) is 5. The van der Waals surface area contributed by atoms with Crippen molar-refractivity contribution in [2.45, 2.75) is 64.5 Å². The van der Waals surface area contributed by atoms with Crippen molar-refractivity contribution < 1.29 is 4.79 Å². The topological polar surface area (TPSA) is 75.4 Å². The van der Waals surface area contributed by atoms with E-state index in [-0.39, 0.29) is 11.8 Å². The van der Waals surface area contributed by atoms with Gasteiger partial charge in [-0.05, 0) is 62.9 Å². The predicted molar refractivity (Wildman–Crippen MR) is 167 cm³/mol. The minimum absolute atomic E-state index is 0.154. The molecule has 1 N–H and O–H groups in total. The summed E-state index contributed by atoms with van der Waals surface area (Å²) in [6.45, 7) is 4.80. The molecule has 1 aliphatic carbocycles. The number of aromatic nitrogens is 4. The van der Waals surface area contributed by atoms with Crippen LogP contribution >= 0.6 is 0 Å². The molecule has 2 aliphatic rings. The number of amides is 1. The zero-order valence-corrected chi connectivity index (χ0v) is 24.3. The Labute approximate surface area is 247 Å². The van der Waals surface area contributed by atoms with Crippen LogP contribution in [0.4, 0.5) is 0 Å². The lowest BCUT2D eigenvalue weighted by molar-refractivity contribution is -0.127. The second-order valence-corrected chi connectivity index (χ2v) is 12.1. The van der Waals surface area contributed by atoms with Crippen molar-refractivity contribution in [2.75, 3.05) is 13.1 Å². The number of carbonyl (C=O) groups excluding carboxylic acids is 1. The highest BCUT2D eigenvalue weighted by atomic mass is 16.1. The molecule has 3 aromatic heterocycles. The molecule has 0 unspecified atom stereocenters. The van der Waals surface area contributed by atoms with Crippen molar-refractivity contribution in [1.29, 1.82) is 0 Å². The molecule has 1 saturated heterocycles. The smallest absolute Gasteiger partial charge is 0.223 e. The summed E-state index contributed by atoms with van der Waals surface area (Å²) in [4.78, 5) is 25.1. The highest BCUT2D eigenvalue weighted by Crippen LogP contribution is 2.34. The van der Waals surface area contributed by atoms with Gasteiger partial charge in [0, 0.05) is 47.3 Å². The van der Waals surface area contributed by atoms with Crippen molar-refractivity contribution in [1.82, 2.24) is 29.8 Å². The van der Waals surface area contributed by atoms with Crippen molar-refractivity contribution in [3.63, 3.8) is 0 Å². The van der Waals surface area contributed by atoms with Crippen LogP contribution in [0.15, 0.2) is 72.9 Å². The van der Waals surface area contributed by atoms with E-state index in [1.54, 1.807) is 0 Å². The number of hydrogen-bond acceptors (Lipinski definition) is 5. The molecular formula is C35H38N6O. The summed E-state index contributed by atoms with van der Waals surface area (Å²) in [5.41, 5.74) is 8.02. The third kappa shape index (κ3) is 5.53. The van der Waals surface area contributed by atoms with E-state index in [0.29, 0.717) is 6.04 Å². The number of rotatable bonds is 6. The van der Waals surface area contributed by atoms with Gasteiger partial charge in [0.2, 0.25) is 5.91 Å². The number of fused-ring (bicyclic) bond motifs is 3. The van der Waals surface area contributed by atoms with Gasteiger partial charge in [0.05, 0.1) is 11.4 Å². The van der Waals surface area contributed by atoms with E-state index in [4.69, 9.17) is 4.98 Å². The highest BCUT2D eigenvalue weighted by Gasteiger charge is 2.27. The van der Waals surface area contributed by atoms with Crippen LogP contribution in [0.5, 0.6) is 0 Å². The fourth-order valence-electron chi connectivity index (χ4n) is 6.66. The summed E-state index contributed by atoms with van der Waals surface area (Å²) >= 11 is 0. The third-order valence-electron chi connectivity index (χ3n) is 9.01. The summed E-state index contributed by atoms with van der Waals surface area (Å²) in [6, 6.07) is 23.8. The fourth-order valence-corrected chi connectivity index (χ4v) is 6.66. The third-order valence-corrected chi connectivity index (χ3v) is 9.01. The standard InChI is InChI=1S/C35H38N6O/c1-24-20-32-36-22-29-21-31(26-8-4-2-5-9-26)33(38-34(29)41(32)39-24)27-14-12-25(13-15-27)23-40-18-16-28(17-19-40)35(42)37-30-10-6-3-7-11-30/h2,4-5,8-9,12-15,20-22,28,30H,3,6-7,10-11,16-19,23H2,1H3,(H,37,42). The molecular weight excluding hydrogens is 520 g/mol. The van der Waals surface area contributed by atoms with E-state index >= 15 is 0 Å². The summed E-state index contributed by atoms with van der Waals surface area (Å²) in [6.07, 6.45) is 9.86. The Morgan fingerprint density at radius 3 is 2.43 bits per heavy atom. The Bertz CT molecular complexity index is 1700. The SMILES string of the molecule is Cc1cc2ncc3cc(-c4ccccc4)c(-c4ccc(CN5CCC(C(=O)NC6CCCCC6)CC5)cc4)nc3n2n1. The maximum Gasteiger partial charge on any atom is 0.223 e. The van der Waals surface area contributed by atoms with Gasteiger partial charge >= 0.3 is 0 Å². The molecule has 1 aliphatic heterocycles. The van der Waals surface area contributed by atoms with Crippen LogP contribution in [0.2, 0.25) is 0 Å². The molecule has 0 bridgehead atoms. The molecule has 4 heterocycles. The number of aryl methyl sites for hydroxylation is 1. The summed E-state index contributed by atoms with van der Waals surface area (Å²) < 4.78 is 1.84. The second-order valence-electron chi connectivity index (χ2n) is 12.1. The minimum atomic E-state index is 0.154. The van der Waals surface area contributed by atoms with Gasteiger partial charge in [-0.2, -0.15) is 9.61 Å². The Hall–Kier alpha value is -4.10. The molecule has 42 heavy (non-hydrogen) atoms. The molecule has 2 fully saturated rings. The van der Waals surface area contributed by atoms with Gasteiger partial charge in [0.25, 0.3) is 0 Å². The molecule has 214 valence electrons. The van der Waals surface area contributed by atoms with E-state index in [9.17, 15) is 4.79 Å². The molecule has 5 aromatic rings. The van der Waals surface area contributed by atoms with Crippen LogP contribution in [0.1, 0.15) is 56.2 Å². The number of nitrogens with one attached hydrogen (secondary N) is 1. The van der Waals surface area contributed by atoms with E-state index in [1.807, 2.05) is 29.8 Å². The van der Waals surface area contributed by atoms with Gasteiger partial charge in [-0.15, -0.1) is 0 Å². The zero-order valence-electron chi connectivity index (χ0n) is 24.3. The summed E-state index contributed by atoms with van der Waals surface area (Å²) in [5, 5.41) is 8.96. The molecule has 1 saturated carbocycles. The normalized spacial score (nSPS) is 17.2. The molecule has 7 nitrogen and oxygen atoms in total. The molecule has 0 radical (unpaired) electrons. The lowest BCUT2D eigenvalue weighted by atomic mass is 9.92. The number of pyridine rings is 1. The highest BCUT2D eigenvalue weighted by molar-refractivity contribution is 5.90. The predicted octanol–water partition coefficient (Wildman–Crippen LogP) is 6.58. The summed E-state index contributed by atoms with van der Waals surface area (Å²) in [7, 11) is 0. The first-order valence-electron chi connectivity index (χ1n) is 15.4. The van der Waals surface area contributed by atoms with Gasteiger partial charge in [-0.1, -0.05) is 73.9 Å². The van der Waals surface area contributed by atoms with Crippen LogP contribution in [0, 0.1) is 12.8 Å². The van der Waals surface area contributed by atoms with E-state index in [2.05, 4.69) is 74.9 Å². The minimum Gasteiger partial charge on any atom is -0.353 e. The van der Waals surface area contributed by atoms with Gasteiger partial charge in [0.1, 0.15) is 0 Å². The first-order chi connectivity index (χ1) is 20.6. The number of carbonyl (C=O) groups is 1. The average molecular weight is 559 g/mol. The van der Waals surface area contributed by atoms with Crippen LogP contribution in [0.3, 0.4) is 0 Å². The first-order valence-corrected chi connectivity index (χ1v) is 15.4. The van der Waals surface area contributed by atoms with Gasteiger partial charge in [-0.25, -0.2) is 9.97 Å². The van der Waals surface area contributed by atoms with Crippen molar-refractivity contribution >= 4 is 22.6 Å². The van der Waals surface area contributed by atoms with Crippen molar-refractivity contribution in [2.24, 2.45) is 5.92 Å². The second kappa shape index (κ2) is 11.6. The van der Waals surface area contributed by atoms with Gasteiger partial charge < -0.3 is 5.32 Å². The quantitative estimate of drug-likeness (QED) is 0.255. The van der Waals surface area contributed by atoms with E-state index in [1.165, 1.54) is 24.8 Å². The molecule has 7 heteroatoms. The Morgan fingerprint density at radius 2 is 1.67 bits per heavy atom. The Balaban J connectivity index is 1.09. The van der Waals surface area contributed by atoms with Crippen LogP contribution in [-0.4, -0.2) is 49.5 Å².